The summed E-state index contributed by atoms with van der Waals surface area (Å²) in [6, 6.07) is 87.5. The molecule has 0 saturated heterocycles. The summed E-state index contributed by atoms with van der Waals surface area (Å²) in [4.78, 5) is 16.0. The maximum atomic E-state index is 6.97. The molecular formula is C67H46N4O. The Morgan fingerprint density at radius 2 is 1.07 bits per heavy atom. The van der Waals surface area contributed by atoms with Crippen molar-refractivity contribution in [2.75, 3.05) is 0 Å². The summed E-state index contributed by atoms with van der Waals surface area (Å²) in [7, 11) is 0. The van der Waals surface area contributed by atoms with Crippen LogP contribution in [-0.4, -0.2) is 21.1 Å². The fraction of sp³-hybridized carbons (Fsp3) is 0.0299. The second kappa shape index (κ2) is 17.5. The number of benzene rings is 10. The Labute approximate surface area is 419 Å². The molecule has 0 bridgehead atoms. The molecule has 0 amide bonds. The topological polar surface area (TPSA) is 51.8 Å². The standard InChI is InChI=1S/C67H46N4O/c1-44(46-21-6-3-7-22-46)68-65(69-45(2)47-23-8-4-9-24-47)51-37-39-55-54-30-14-15-32-57(54)67(59(55)43-51)58-33-16-19-36-63(58)72-64-40-38-50(42-60(64)67)53-29-12-13-31-56(53)66-70-61-34-17-18-35-62(61)71(66)52-28-20-27-49(41-52)48-25-10-5-11-26-48/h3-43H,1H2,2H3. The average Bonchev–Trinajstić information content (AvgIpc) is 3.98. The van der Waals surface area contributed by atoms with Crippen molar-refractivity contribution in [2.45, 2.75) is 12.3 Å². The van der Waals surface area contributed by atoms with E-state index in [4.69, 9.17) is 19.7 Å². The quantitative estimate of drug-likeness (QED) is 0.113. The van der Waals surface area contributed by atoms with E-state index in [0.717, 1.165) is 107 Å². The third-order valence-electron chi connectivity index (χ3n) is 14.3. The van der Waals surface area contributed by atoms with E-state index in [-0.39, 0.29) is 0 Å². The maximum absolute atomic E-state index is 6.97. The third kappa shape index (κ3) is 7.05. The summed E-state index contributed by atoms with van der Waals surface area (Å²) >= 11 is 0. The summed E-state index contributed by atoms with van der Waals surface area (Å²) < 4.78 is 9.28. The first-order valence-electron chi connectivity index (χ1n) is 24.4. The van der Waals surface area contributed by atoms with E-state index in [1.54, 1.807) is 0 Å². The SMILES string of the molecule is C=C(N=C(N=C(C)c1ccccc1)c1ccc2c(c1)C1(c3ccccc3Oc3ccc(-c4ccccc4-c4nc5ccccc5n4-c4cccc(-c5ccccc5)c4)cc31)c1ccccc1-2)c1ccccc1. The van der Waals surface area contributed by atoms with E-state index in [9.17, 15) is 0 Å². The first kappa shape index (κ1) is 42.6. The number of para-hydroxylation sites is 3. The number of hydrogen-bond acceptors (Lipinski definition) is 3. The first-order chi connectivity index (χ1) is 35.5. The van der Waals surface area contributed by atoms with Crippen molar-refractivity contribution in [2.24, 2.45) is 9.98 Å². The van der Waals surface area contributed by atoms with Crippen molar-refractivity contribution in [1.82, 2.24) is 9.55 Å². The highest BCUT2D eigenvalue weighted by Crippen LogP contribution is 2.62. The minimum Gasteiger partial charge on any atom is -0.457 e. The van der Waals surface area contributed by atoms with Crippen molar-refractivity contribution in [3.63, 3.8) is 0 Å². The number of hydrogen-bond donors (Lipinski definition) is 0. The number of aliphatic imine (C=N–C) groups is 2. The smallest absolute Gasteiger partial charge is 0.160 e. The zero-order valence-corrected chi connectivity index (χ0v) is 39.6. The molecule has 1 aliphatic carbocycles. The molecule has 5 heteroatoms. The van der Waals surface area contributed by atoms with Gasteiger partial charge in [-0.15, -0.1) is 0 Å². The van der Waals surface area contributed by atoms with Crippen LogP contribution in [-0.2, 0) is 5.41 Å². The lowest BCUT2D eigenvalue weighted by molar-refractivity contribution is 0.436. The summed E-state index contributed by atoms with van der Waals surface area (Å²) in [6.45, 7) is 6.50. The van der Waals surface area contributed by atoms with Gasteiger partial charge < -0.3 is 4.74 Å². The Morgan fingerprint density at radius 1 is 0.444 bits per heavy atom. The van der Waals surface area contributed by atoms with Gasteiger partial charge in [-0.1, -0.05) is 207 Å². The molecule has 0 N–H and O–H groups in total. The van der Waals surface area contributed by atoms with E-state index in [2.05, 4.69) is 211 Å². The number of nitrogens with zero attached hydrogens (tertiary/aromatic N) is 4. The van der Waals surface area contributed by atoms with Crippen molar-refractivity contribution in [3.8, 4) is 62.0 Å². The summed E-state index contributed by atoms with van der Waals surface area (Å²) in [5.74, 6) is 3.07. The molecule has 11 aromatic rings. The van der Waals surface area contributed by atoms with E-state index < -0.39 is 5.41 Å². The van der Waals surface area contributed by atoms with E-state index in [0.29, 0.717) is 11.5 Å². The fourth-order valence-corrected chi connectivity index (χ4v) is 10.9. The molecule has 1 aromatic heterocycles. The van der Waals surface area contributed by atoms with Gasteiger partial charge in [-0.2, -0.15) is 0 Å². The van der Waals surface area contributed by atoms with Crippen molar-refractivity contribution >= 4 is 28.3 Å². The second-order valence-corrected chi connectivity index (χ2v) is 18.4. The molecular weight excluding hydrogens is 877 g/mol. The average molecular weight is 923 g/mol. The van der Waals surface area contributed by atoms with Crippen molar-refractivity contribution in [3.05, 3.63) is 294 Å². The molecule has 0 saturated carbocycles. The van der Waals surface area contributed by atoms with Gasteiger partial charge in [0.15, 0.2) is 5.84 Å². The van der Waals surface area contributed by atoms with Crippen LogP contribution in [0.3, 0.4) is 0 Å². The molecule has 13 rings (SSSR count). The number of imidazole rings is 1. The predicted octanol–water partition coefficient (Wildman–Crippen LogP) is 16.4. The van der Waals surface area contributed by atoms with Crippen LogP contribution in [0.1, 0.15) is 45.9 Å². The van der Waals surface area contributed by atoms with Crippen LogP contribution >= 0.6 is 0 Å². The molecule has 2 heterocycles. The number of rotatable bonds is 8. The van der Waals surface area contributed by atoms with Crippen molar-refractivity contribution in [1.29, 1.82) is 0 Å². The molecule has 5 nitrogen and oxygen atoms in total. The Hall–Kier alpha value is -9.45. The number of ether oxygens (including phenoxy) is 1. The Bertz CT molecular complexity index is 3980. The molecule has 72 heavy (non-hydrogen) atoms. The monoisotopic (exact) mass is 922 g/mol. The zero-order valence-electron chi connectivity index (χ0n) is 39.6. The molecule has 1 aliphatic heterocycles. The van der Waals surface area contributed by atoms with Crippen LogP contribution in [0, 0.1) is 0 Å². The van der Waals surface area contributed by atoms with Crippen LogP contribution in [0.2, 0.25) is 0 Å². The number of amidine groups is 1. The summed E-state index contributed by atoms with van der Waals surface area (Å²) in [5.41, 5.74) is 18.8. The Morgan fingerprint density at radius 3 is 1.88 bits per heavy atom. The summed E-state index contributed by atoms with van der Waals surface area (Å²) in [5, 5.41) is 0. The fourth-order valence-electron chi connectivity index (χ4n) is 10.9. The van der Waals surface area contributed by atoms with E-state index in [1.165, 1.54) is 11.1 Å². The van der Waals surface area contributed by atoms with Crippen LogP contribution in [0.15, 0.2) is 265 Å². The Kier molecular flexibility index (Phi) is 10.4. The first-order valence-corrected chi connectivity index (χ1v) is 24.4. The number of aromatic nitrogens is 2. The van der Waals surface area contributed by atoms with Crippen molar-refractivity contribution < 1.29 is 4.74 Å². The largest absolute Gasteiger partial charge is 0.457 e. The van der Waals surface area contributed by atoms with Gasteiger partial charge in [0.25, 0.3) is 0 Å². The van der Waals surface area contributed by atoms with Gasteiger partial charge >= 0.3 is 0 Å². The molecule has 0 radical (unpaired) electrons. The van der Waals surface area contributed by atoms with Crippen LogP contribution in [0.25, 0.3) is 67.2 Å². The molecule has 2 aliphatic rings. The van der Waals surface area contributed by atoms with Crippen LogP contribution < -0.4 is 4.74 Å². The maximum Gasteiger partial charge on any atom is 0.160 e. The van der Waals surface area contributed by atoms with Gasteiger partial charge in [0.2, 0.25) is 0 Å². The van der Waals surface area contributed by atoms with Gasteiger partial charge in [0.1, 0.15) is 17.3 Å². The minimum atomic E-state index is -0.776. The molecule has 1 spiro atoms. The highest BCUT2D eigenvalue weighted by Gasteiger charge is 2.51. The van der Waals surface area contributed by atoms with Gasteiger partial charge in [-0.3, -0.25) is 4.57 Å². The van der Waals surface area contributed by atoms with E-state index in [1.807, 2.05) is 55.5 Å². The lowest BCUT2D eigenvalue weighted by Crippen LogP contribution is -2.32. The lowest BCUT2D eigenvalue weighted by Gasteiger charge is -2.39. The van der Waals surface area contributed by atoms with Crippen LogP contribution in [0.4, 0.5) is 0 Å². The van der Waals surface area contributed by atoms with Gasteiger partial charge in [-0.05, 0) is 111 Å². The number of fused-ring (bicyclic) bond motifs is 10. The minimum absolute atomic E-state index is 0.583. The van der Waals surface area contributed by atoms with E-state index >= 15 is 0 Å². The molecule has 10 aromatic carbocycles. The molecule has 340 valence electrons. The highest BCUT2D eigenvalue weighted by atomic mass is 16.5. The lowest BCUT2D eigenvalue weighted by atomic mass is 9.65. The summed E-state index contributed by atoms with van der Waals surface area (Å²) in [6.07, 6.45) is 0. The zero-order chi connectivity index (χ0) is 48.2. The highest BCUT2D eigenvalue weighted by molar-refractivity contribution is 6.13. The van der Waals surface area contributed by atoms with Gasteiger partial charge in [0.05, 0.1) is 22.1 Å². The molecule has 0 fully saturated rings. The second-order valence-electron chi connectivity index (χ2n) is 18.4. The van der Waals surface area contributed by atoms with Gasteiger partial charge in [-0.25, -0.2) is 15.0 Å². The Balaban J connectivity index is 1.02. The normalized spacial score (nSPS) is 14.6. The third-order valence-corrected chi connectivity index (χ3v) is 14.3. The molecule has 1 atom stereocenters. The van der Waals surface area contributed by atoms with Crippen LogP contribution in [0.5, 0.6) is 11.5 Å². The predicted molar refractivity (Wildman–Crippen MR) is 295 cm³/mol. The molecule has 1 unspecified atom stereocenters. The van der Waals surface area contributed by atoms with Gasteiger partial charge in [0, 0.05) is 33.7 Å².